The fourth-order valence-corrected chi connectivity index (χ4v) is 4.06. The van der Waals surface area contributed by atoms with E-state index in [1.165, 1.54) is 11.1 Å². The van der Waals surface area contributed by atoms with E-state index in [4.69, 9.17) is 14.6 Å². The highest BCUT2D eigenvalue weighted by molar-refractivity contribution is 5.76. The highest BCUT2D eigenvalue weighted by Gasteiger charge is 2.25. The average molecular weight is 392 g/mol. The van der Waals surface area contributed by atoms with Gasteiger partial charge in [-0.3, -0.25) is 0 Å². The minimum absolute atomic E-state index is 0.413. The minimum Gasteiger partial charge on any atom is -0.497 e. The summed E-state index contributed by atoms with van der Waals surface area (Å²) in [7, 11) is 3.36. The van der Waals surface area contributed by atoms with Crippen LogP contribution in [0.2, 0.25) is 0 Å². The van der Waals surface area contributed by atoms with Crippen molar-refractivity contribution >= 4 is 5.82 Å². The molecule has 5 heteroatoms. The van der Waals surface area contributed by atoms with Crippen LogP contribution in [-0.4, -0.2) is 30.5 Å². The Bertz CT molecular complexity index is 1010. The number of aromatic nitrogens is 2. The number of benzene rings is 2. The molecular weight excluding hydrogens is 362 g/mol. The van der Waals surface area contributed by atoms with E-state index in [2.05, 4.69) is 48.1 Å². The molecule has 0 fully saturated rings. The highest BCUT2D eigenvalue weighted by Crippen LogP contribution is 2.40. The van der Waals surface area contributed by atoms with Gasteiger partial charge < -0.3 is 14.8 Å². The van der Waals surface area contributed by atoms with E-state index in [1.54, 1.807) is 14.2 Å². The van der Waals surface area contributed by atoms with Crippen LogP contribution in [0.3, 0.4) is 0 Å². The van der Waals surface area contributed by atoms with Crippen molar-refractivity contribution in [3.05, 3.63) is 53.6 Å². The Morgan fingerprint density at radius 1 is 1.03 bits per heavy atom. The molecule has 0 aliphatic carbocycles. The zero-order chi connectivity index (χ0) is 20.4. The van der Waals surface area contributed by atoms with E-state index in [1.807, 2.05) is 18.2 Å². The van der Waals surface area contributed by atoms with Gasteiger partial charge in [0, 0.05) is 23.7 Å². The summed E-state index contributed by atoms with van der Waals surface area (Å²) in [6.07, 6.45) is 3.29. The van der Waals surface area contributed by atoms with Gasteiger partial charge in [-0.1, -0.05) is 32.0 Å². The Kier molecular flexibility index (Phi) is 5.47. The number of methoxy groups -OCH3 is 2. The van der Waals surface area contributed by atoms with Crippen LogP contribution in [0.5, 0.6) is 11.5 Å². The van der Waals surface area contributed by atoms with E-state index in [9.17, 15) is 0 Å². The Balaban J connectivity index is 1.94. The second kappa shape index (κ2) is 8.19. The lowest BCUT2D eigenvalue weighted by Gasteiger charge is -2.15. The van der Waals surface area contributed by atoms with Gasteiger partial charge in [0.2, 0.25) is 0 Å². The smallest absolute Gasteiger partial charge is 0.133 e. The van der Waals surface area contributed by atoms with Crippen molar-refractivity contribution in [2.24, 2.45) is 0 Å². The second-order valence-corrected chi connectivity index (χ2v) is 7.75. The zero-order valence-electron chi connectivity index (χ0n) is 17.7. The first-order valence-electron chi connectivity index (χ1n) is 10.3. The van der Waals surface area contributed by atoms with Gasteiger partial charge in [0.1, 0.15) is 23.0 Å². The van der Waals surface area contributed by atoms with E-state index >= 15 is 0 Å². The second-order valence-electron chi connectivity index (χ2n) is 7.75. The van der Waals surface area contributed by atoms with Crippen LogP contribution in [0.25, 0.3) is 16.9 Å². The maximum Gasteiger partial charge on any atom is 0.133 e. The molecule has 0 bridgehead atoms. The molecule has 1 aromatic heterocycles. The summed E-state index contributed by atoms with van der Waals surface area (Å²) in [5.41, 5.74) is 5.65. The van der Waals surface area contributed by atoms with Crippen LogP contribution in [0.1, 0.15) is 43.7 Å². The van der Waals surface area contributed by atoms with E-state index < -0.39 is 0 Å². The molecule has 0 amide bonds. The van der Waals surface area contributed by atoms with Gasteiger partial charge in [-0.2, -0.15) is 5.10 Å². The van der Waals surface area contributed by atoms with E-state index in [-0.39, 0.29) is 0 Å². The largest absolute Gasteiger partial charge is 0.497 e. The molecule has 2 aromatic carbocycles. The lowest BCUT2D eigenvalue weighted by atomic mass is 10.0. The summed E-state index contributed by atoms with van der Waals surface area (Å²) < 4.78 is 13.2. The molecule has 0 radical (unpaired) electrons. The molecule has 3 aromatic rings. The molecular formula is C24H29N3O2. The van der Waals surface area contributed by atoms with Gasteiger partial charge in [0.25, 0.3) is 0 Å². The summed E-state index contributed by atoms with van der Waals surface area (Å²) in [4.78, 5) is 0. The van der Waals surface area contributed by atoms with Crippen molar-refractivity contribution in [2.45, 2.75) is 39.0 Å². The SMILES string of the molecule is COc1ccc(-c2nn(-c3ccccc3C(C)C)c3c2CCCCN3)c(OC)c1. The van der Waals surface area contributed by atoms with Gasteiger partial charge in [-0.15, -0.1) is 0 Å². The van der Waals surface area contributed by atoms with Crippen molar-refractivity contribution in [3.8, 4) is 28.4 Å². The fourth-order valence-electron chi connectivity index (χ4n) is 4.06. The standard InChI is InChI=1S/C24H29N3O2/c1-16(2)18-9-5-6-11-21(18)27-24-20(10-7-8-14-25-24)23(26-27)19-13-12-17(28-3)15-22(19)29-4/h5-6,9,11-13,15-16,25H,7-8,10,14H2,1-4H3. The summed E-state index contributed by atoms with van der Waals surface area (Å²) >= 11 is 0. The predicted octanol–water partition coefficient (Wildman–Crippen LogP) is 5.43. The third-order valence-electron chi connectivity index (χ3n) is 5.58. The average Bonchev–Trinajstić information content (AvgIpc) is 2.93. The number of para-hydroxylation sites is 1. The first kappa shape index (κ1) is 19.4. The van der Waals surface area contributed by atoms with E-state index in [0.717, 1.165) is 60.1 Å². The summed E-state index contributed by atoms with van der Waals surface area (Å²) in [6, 6.07) is 14.5. The molecule has 29 heavy (non-hydrogen) atoms. The maximum absolute atomic E-state index is 5.69. The number of rotatable bonds is 5. The zero-order valence-corrected chi connectivity index (χ0v) is 17.7. The number of anilines is 1. The van der Waals surface area contributed by atoms with Gasteiger partial charge in [0.15, 0.2) is 0 Å². The maximum atomic E-state index is 5.69. The predicted molar refractivity (Wildman–Crippen MR) is 118 cm³/mol. The van der Waals surface area contributed by atoms with Gasteiger partial charge in [-0.25, -0.2) is 4.68 Å². The van der Waals surface area contributed by atoms with Gasteiger partial charge in [0.05, 0.1) is 19.9 Å². The lowest BCUT2D eigenvalue weighted by Crippen LogP contribution is -2.09. The van der Waals surface area contributed by atoms with Crippen molar-refractivity contribution in [1.29, 1.82) is 0 Å². The number of nitrogens with zero attached hydrogens (tertiary/aromatic N) is 2. The normalized spacial score (nSPS) is 13.6. The van der Waals surface area contributed by atoms with Gasteiger partial charge >= 0.3 is 0 Å². The summed E-state index contributed by atoms with van der Waals surface area (Å²) in [5, 5.41) is 8.76. The number of fused-ring (bicyclic) bond motifs is 1. The van der Waals surface area contributed by atoms with Crippen LogP contribution in [0, 0.1) is 0 Å². The number of hydrogen-bond acceptors (Lipinski definition) is 4. The first-order chi connectivity index (χ1) is 14.1. The molecule has 2 heterocycles. The fraction of sp³-hybridized carbons (Fsp3) is 0.375. The first-order valence-corrected chi connectivity index (χ1v) is 10.3. The number of nitrogens with one attached hydrogen (secondary N) is 1. The van der Waals surface area contributed by atoms with Crippen LogP contribution >= 0.6 is 0 Å². The molecule has 0 spiro atoms. The Hall–Kier alpha value is -2.95. The Morgan fingerprint density at radius 3 is 2.62 bits per heavy atom. The minimum atomic E-state index is 0.413. The molecule has 1 aliphatic rings. The van der Waals surface area contributed by atoms with Gasteiger partial charge in [-0.05, 0) is 48.9 Å². The molecule has 0 saturated carbocycles. The van der Waals surface area contributed by atoms with Crippen molar-refractivity contribution < 1.29 is 9.47 Å². The van der Waals surface area contributed by atoms with Crippen LogP contribution in [0.15, 0.2) is 42.5 Å². The number of hydrogen-bond donors (Lipinski definition) is 1. The Labute approximate surface area is 172 Å². The Morgan fingerprint density at radius 2 is 1.86 bits per heavy atom. The lowest BCUT2D eigenvalue weighted by molar-refractivity contribution is 0.395. The van der Waals surface area contributed by atoms with Crippen molar-refractivity contribution in [2.75, 3.05) is 26.1 Å². The van der Waals surface area contributed by atoms with Crippen molar-refractivity contribution in [3.63, 3.8) is 0 Å². The molecule has 0 unspecified atom stereocenters. The van der Waals surface area contributed by atoms with Crippen molar-refractivity contribution in [1.82, 2.24) is 9.78 Å². The molecule has 1 N–H and O–H groups in total. The third kappa shape index (κ3) is 3.57. The number of ether oxygens (including phenoxy) is 2. The molecule has 5 nitrogen and oxygen atoms in total. The topological polar surface area (TPSA) is 48.3 Å². The quantitative estimate of drug-likeness (QED) is 0.630. The summed E-state index contributed by atoms with van der Waals surface area (Å²) in [5.74, 6) is 3.07. The van der Waals surface area contributed by atoms with E-state index in [0.29, 0.717) is 5.92 Å². The highest BCUT2D eigenvalue weighted by atomic mass is 16.5. The molecule has 4 rings (SSSR count). The van der Waals surface area contributed by atoms with Crippen LogP contribution in [-0.2, 0) is 6.42 Å². The third-order valence-corrected chi connectivity index (χ3v) is 5.58. The summed E-state index contributed by atoms with van der Waals surface area (Å²) in [6.45, 7) is 5.41. The van der Waals surface area contributed by atoms with Crippen LogP contribution < -0.4 is 14.8 Å². The molecule has 0 atom stereocenters. The molecule has 1 aliphatic heterocycles. The van der Waals surface area contributed by atoms with Crippen LogP contribution in [0.4, 0.5) is 5.82 Å². The monoisotopic (exact) mass is 391 g/mol. The molecule has 0 saturated heterocycles. The molecule has 152 valence electrons.